The fourth-order valence-electron chi connectivity index (χ4n) is 3.32. The van der Waals surface area contributed by atoms with E-state index < -0.39 is 0 Å². The quantitative estimate of drug-likeness (QED) is 0.423. The van der Waals surface area contributed by atoms with E-state index in [1.807, 2.05) is 12.1 Å². The SMILES string of the molecule is COCCCOc1cc(C)ccc1CN=C(N)Nc1ccc2c(c1)CCC2. The number of aryl methyl sites for hydroxylation is 3. The van der Waals surface area contributed by atoms with Crippen LogP contribution in [0.25, 0.3) is 0 Å². The second-order valence-electron chi connectivity index (χ2n) is 6.97. The van der Waals surface area contributed by atoms with Crippen molar-refractivity contribution in [1.29, 1.82) is 0 Å². The summed E-state index contributed by atoms with van der Waals surface area (Å²) in [6.07, 6.45) is 4.42. The molecule has 0 amide bonds. The highest BCUT2D eigenvalue weighted by Crippen LogP contribution is 2.25. The molecule has 27 heavy (non-hydrogen) atoms. The molecule has 0 spiro atoms. The van der Waals surface area contributed by atoms with Crippen LogP contribution in [0.2, 0.25) is 0 Å². The smallest absolute Gasteiger partial charge is 0.193 e. The Kier molecular flexibility index (Phi) is 6.71. The van der Waals surface area contributed by atoms with Gasteiger partial charge in [0, 0.05) is 31.4 Å². The zero-order valence-corrected chi connectivity index (χ0v) is 16.3. The van der Waals surface area contributed by atoms with Gasteiger partial charge in [-0.05, 0) is 61.1 Å². The van der Waals surface area contributed by atoms with E-state index in [0.29, 0.717) is 25.7 Å². The number of guanidine groups is 1. The van der Waals surface area contributed by atoms with Crippen molar-refractivity contribution in [3.05, 3.63) is 58.7 Å². The molecule has 3 N–H and O–H groups in total. The molecule has 0 bridgehead atoms. The Morgan fingerprint density at radius 1 is 1.11 bits per heavy atom. The lowest BCUT2D eigenvalue weighted by Crippen LogP contribution is -2.22. The molecule has 0 aromatic heterocycles. The summed E-state index contributed by atoms with van der Waals surface area (Å²) in [4.78, 5) is 4.50. The number of nitrogens with two attached hydrogens (primary N) is 1. The van der Waals surface area contributed by atoms with Crippen molar-refractivity contribution in [2.75, 3.05) is 25.6 Å². The fourth-order valence-corrected chi connectivity index (χ4v) is 3.32. The Morgan fingerprint density at radius 2 is 1.96 bits per heavy atom. The highest BCUT2D eigenvalue weighted by Gasteiger charge is 2.11. The summed E-state index contributed by atoms with van der Waals surface area (Å²) in [5, 5.41) is 3.20. The van der Waals surface area contributed by atoms with Crippen molar-refractivity contribution >= 4 is 11.6 Å². The topological polar surface area (TPSA) is 68.9 Å². The van der Waals surface area contributed by atoms with Gasteiger partial charge in [-0.15, -0.1) is 0 Å². The van der Waals surface area contributed by atoms with Crippen LogP contribution >= 0.6 is 0 Å². The maximum atomic E-state index is 6.10. The highest BCUT2D eigenvalue weighted by molar-refractivity contribution is 5.92. The molecule has 144 valence electrons. The molecule has 0 fully saturated rings. The number of nitrogens with zero attached hydrogens (tertiary/aromatic N) is 1. The molecule has 0 saturated heterocycles. The Bertz CT molecular complexity index is 802. The van der Waals surface area contributed by atoms with E-state index in [9.17, 15) is 0 Å². The van der Waals surface area contributed by atoms with Gasteiger partial charge in [-0.1, -0.05) is 18.2 Å². The minimum absolute atomic E-state index is 0.416. The number of anilines is 1. The summed E-state index contributed by atoms with van der Waals surface area (Å²) < 4.78 is 11.0. The molecule has 5 heteroatoms. The van der Waals surface area contributed by atoms with Crippen molar-refractivity contribution in [3.63, 3.8) is 0 Å². The molecular formula is C22H29N3O2. The zero-order valence-electron chi connectivity index (χ0n) is 16.3. The van der Waals surface area contributed by atoms with Gasteiger partial charge in [0.1, 0.15) is 5.75 Å². The van der Waals surface area contributed by atoms with Gasteiger partial charge in [-0.2, -0.15) is 0 Å². The minimum atomic E-state index is 0.416. The van der Waals surface area contributed by atoms with Gasteiger partial charge in [0.15, 0.2) is 5.96 Å². The van der Waals surface area contributed by atoms with Crippen LogP contribution in [0.5, 0.6) is 5.75 Å². The van der Waals surface area contributed by atoms with E-state index >= 15 is 0 Å². The lowest BCUT2D eigenvalue weighted by molar-refractivity contribution is 0.172. The van der Waals surface area contributed by atoms with E-state index in [-0.39, 0.29) is 0 Å². The summed E-state index contributed by atoms with van der Waals surface area (Å²) in [6.45, 7) is 3.84. The third kappa shape index (κ3) is 5.47. The fraction of sp³-hybridized carbons (Fsp3) is 0.409. The van der Waals surface area contributed by atoms with E-state index in [1.54, 1.807) is 7.11 Å². The van der Waals surface area contributed by atoms with Crippen LogP contribution < -0.4 is 15.8 Å². The molecule has 0 radical (unpaired) electrons. The average molecular weight is 367 g/mol. The lowest BCUT2D eigenvalue weighted by atomic mass is 10.1. The highest BCUT2D eigenvalue weighted by atomic mass is 16.5. The van der Waals surface area contributed by atoms with E-state index in [1.165, 1.54) is 24.0 Å². The molecule has 0 atom stereocenters. The number of aliphatic imine (C=N–C) groups is 1. The first-order chi connectivity index (χ1) is 13.2. The molecule has 5 nitrogen and oxygen atoms in total. The molecule has 0 aliphatic heterocycles. The first-order valence-corrected chi connectivity index (χ1v) is 9.55. The second-order valence-corrected chi connectivity index (χ2v) is 6.97. The van der Waals surface area contributed by atoms with Crippen LogP contribution in [0.1, 0.15) is 35.1 Å². The van der Waals surface area contributed by atoms with Gasteiger partial charge in [0.05, 0.1) is 13.2 Å². The molecule has 2 aromatic carbocycles. The zero-order chi connectivity index (χ0) is 19.1. The normalized spacial score (nSPS) is 13.5. The van der Waals surface area contributed by atoms with E-state index in [4.69, 9.17) is 15.2 Å². The molecule has 1 aliphatic carbocycles. The largest absolute Gasteiger partial charge is 0.493 e. The van der Waals surface area contributed by atoms with Gasteiger partial charge >= 0.3 is 0 Å². The number of nitrogens with one attached hydrogen (secondary N) is 1. The van der Waals surface area contributed by atoms with Crippen molar-refractivity contribution < 1.29 is 9.47 Å². The molecule has 3 rings (SSSR count). The average Bonchev–Trinajstić information content (AvgIpc) is 3.12. The number of hydrogen-bond donors (Lipinski definition) is 2. The second kappa shape index (κ2) is 9.42. The van der Waals surface area contributed by atoms with Crippen molar-refractivity contribution in [2.24, 2.45) is 10.7 Å². The third-order valence-corrected chi connectivity index (χ3v) is 4.76. The van der Waals surface area contributed by atoms with Crippen molar-refractivity contribution in [1.82, 2.24) is 0 Å². The molecule has 0 heterocycles. The monoisotopic (exact) mass is 367 g/mol. The molecule has 1 aliphatic rings. The van der Waals surface area contributed by atoms with Gasteiger partial charge in [0.2, 0.25) is 0 Å². The Balaban J connectivity index is 1.62. The Hall–Kier alpha value is -2.53. The number of ether oxygens (including phenoxy) is 2. The van der Waals surface area contributed by atoms with Gasteiger partial charge in [-0.3, -0.25) is 0 Å². The summed E-state index contributed by atoms with van der Waals surface area (Å²) in [6, 6.07) is 12.6. The maximum absolute atomic E-state index is 6.10. The molecule has 0 unspecified atom stereocenters. The standard InChI is InChI=1S/C22H29N3O2/c1-16-7-8-19(21(13-16)27-12-4-11-26-2)15-24-22(23)25-20-10-9-17-5-3-6-18(17)14-20/h7-10,13-14H,3-6,11-12,15H2,1-2H3,(H3,23,24,25). The maximum Gasteiger partial charge on any atom is 0.193 e. The number of rotatable bonds is 8. The van der Waals surface area contributed by atoms with E-state index in [2.05, 4.69) is 41.5 Å². The number of hydrogen-bond acceptors (Lipinski definition) is 3. The minimum Gasteiger partial charge on any atom is -0.493 e. The Morgan fingerprint density at radius 3 is 2.81 bits per heavy atom. The predicted molar refractivity (Wildman–Crippen MR) is 111 cm³/mol. The van der Waals surface area contributed by atoms with Gasteiger partial charge < -0.3 is 20.5 Å². The summed E-state index contributed by atoms with van der Waals surface area (Å²) in [7, 11) is 1.70. The lowest BCUT2D eigenvalue weighted by Gasteiger charge is -2.12. The van der Waals surface area contributed by atoms with Crippen molar-refractivity contribution in [3.8, 4) is 5.75 Å². The van der Waals surface area contributed by atoms with Gasteiger partial charge in [0.25, 0.3) is 0 Å². The molecule has 2 aromatic rings. The molecule has 0 saturated carbocycles. The van der Waals surface area contributed by atoms with Crippen LogP contribution in [-0.4, -0.2) is 26.3 Å². The number of methoxy groups -OCH3 is 1. The van der Waals surface area contributed by atoms with Crippen LogP contribution in [0.3, 0.4) is 0 Å². The van der Waals surface area contributed by atoms with E-state index in [0.717, 1.165) is 35.4 Å². The van der Waals surface area contributed by atoms with Crippen LogP contribution in [0.15, 0.2) is 41.4 Å². The van der Waals surface area contributed by atoms with Gasteiger partial charge in [-0.25, -0.2) is 4.99 Å². The summed E-state index contributed by atoms with van der Waals surface area (Å²) in [5.41, 5.74) is 12.1. The number of fused-ring (bicyclic) bond motifs is 1. The predicted octanol–water partition coefficient (Wildman–Crippen LogP) is 3.83. The first-order valence-electron chi connectivity index (χ1n) is 9.55. The first kappa shape index (κ1) is 19.2. The van der Waals surface area contributed by atoms with Crippen LogP contribution in [0, 0.1) is 6.92 Å². The van der Waals surface area contributed by atoms with Crippen LogP contribution in [0.4, 0.5) is 5.69 Å². The molecular weight excluding hydrogens is 338 g/mol. The van der Waals surface area contributed by atoms with Crippen LogP contribution in [-0.2, 0) is 24.1 Å². The summed E-state index contributed by atoms with van der Waals surface area (Å²) >= 11 is 0. The number of benzene rings is 2. The Labute approximate surface area is 161 Å². The third-order valence-electron chi connectivity index (χ3n) is 4.76. The summed E-state index contributed by atoms with van der Waals surface area (Å²) in [5.74, 6) is 1.28. The van der Waals surface area contributed by atoms with Crippen molar-refractivity contribution in [2.45, 2.75) is 39.2 Å².